The first-order chi connectivity index (χ1) is 14.4. The molecule has 1 saturated heterocycles. The molecule has 30 heavy (non-hydrogen) atoms. The van der Waals surface area contributed by atoms with E-state index in [1.807, 2.05) is 35.6 Å². The van der Waals surface area contributed by atoms with Gasteiger partial charge in [0, 0.05) is 16.1 Å². The van der Waals surface area contributed by atoms with Crippen LogP contribution < -0.4 is 5.32 Å². The van der Waals surface area contributed by atoms with Crippen LogP contribution in [-0.4, -0.2) is 53.5 Å². The van der Waals surface area contributed by atoms with Gasteiger partial charge in [-0.25, -0.2) is 15.0 Å². The zero-order chi connectivity index (χ0) is 21.4. The molecule has 1 aliphatic heterocycles. The monoisotopic (exact) mass is 526 g/mol. The first-order valence-corrected chi connectivity index (χ1v) is 10.3. The normalized spacial score (nSPS) is 22.3. The molecule has 0 bridgehead atoms. The van der Waals surface area contributed by atoms with Gasteiger partial charge in [0.1, 0.15) is 18.7 Å². The molecule has 0 radical (unpaired) electrons. The number of imidazole rings is 1. The van der Waals surface area contributed by atoms with Gasteiger partial charge in [-0.2, -0.15) is 0 Å². The molecular weight excluding hydrogens is 507 g/mol. The van der Waals surface area contributed by atoms with Crippen LogP contribution in [0.3, 0.4) is 0 Å². The van der Waals surface area contributed by atoms with Crippen LogP contribution in [0.2, 0.25) is 0 Å². The molecule has 1 unspecified atom stereocenters. The van der Waals surface area contributed by atoms with Crippen molar-refractivity contribution in [2.45, 2.75) is 37.8 Å². The number of benzene rings is 1. The lowest BCUT2D eigenvalue weighted by Crippen LogP contribution is -2.24. The Hall–Kier alpha value is -2.42. The number of nitro groups is 1. The Kier molecular flexibility index (Phi) is 5.81. The van der Waals surface area contributed by atoms with Crippen LogP contribution in [0.5, 0.6) is 0 Å². The van der Waals surface area contributed by atoms with Gasteiger partial charge in [-0.05, 0) is 41.6 Å². The lowest BCUT2D eigenvalue weighted by atomic mass is 10.1. The molecule has 0 amide bonds. The molecule has 0 aliphatic carbocycles. The first-order valence-electron chi connectivity index (χ1n) is 9.21. The number of fused-ring (bicyclic) bond motifs is 1. The highest BCUT2D eigenvalue weighted by Gasteiger charge is 2.35. The molecule has 11 nitrogen and oxygen atoms in total. The summed E-state index contributed by atoms with van der Waals surface area (Å²) in [6.45, 7) is 1.53. The maximum absolute atomic E-state index is 11.5. The Morgan fingerprint density at radius 2 is 2.23 bits per heavy atom. The van der Waals surface area contributed by atoms with Crippen LogP contribution >= 0.6 is 22.6 Å². The van der Waals surface area contributed by atoms with Gasteiger partial charge < -0.3 is 20.3 Å². The lowest BCUT2D eigenvalue weighted by molar-refractivity contribution is -0.385. The zero-order valence-corrected chi connectivity index (χ0v) is 18.0. The van der Waals surface area contributed by atoms with Crippen LogP contribution in [-0.2, 0) is 4.74 Å². The van der Waals surface area contributed by atoms with Crippen LogP contribution in [0.25, 0.3) is 11.2 Å². The number of nitrogens with zero attached hydrogens (tertiary/aromatic N) is 5. The Morgan fingerprint density at radius 1 is 1.43 bits per heavy atom. The average molecular weight is 526 g/mol. The maximum atomic E-state index is 11.5. The summed E-state index contributed by atoms with van der Waals surface area (Å²) in [6.07, 6.45) is 1.26. The van der Waals surface area contributed by atoms with Gasteiger partial charge in [-0.15, -0.1) is 0 Å². The summed E-state index contributed by atoms with van der Waals surface area (Å²) in [5, 5.41) is 33.9. The molecule has 2 aromatic heterocycles. The summed E-state index contributed by atoms with van der Waals surface area (Å²) in [5.74, 6) is 0.427. The van der Waals surface area contributed by atoms with E-state index >= 15 is 0 Å². The van der Waals surface area contributed by atoms with E-state index in [2.05, 4.69) is 20.3 Å². The van der Waals surface area contributed by atoms with Crippen molar-refractivity contribution in [3.05, 3.63) is 50.1 Å². The molecule has 12 heteroatoms. The fraction of sp³-hybridized carbons (Fsp3) is 0.389. The summed E-state index contributed by atoms with van der Waals surface area (Å²) in [4.78, 5) is 24.0. The smallest absolute Gasteiger partial charge is 0.275 e. The van der Waals surface area contributed by atoms with Crippen LogP contribution in [0, 0.1) is 13.7 Å². The molecule has 4 atom stereocenters. The second kappa shape index (κ2) is 8.37. The molecule has 3 aromatic rings. The van der Waals surface area contributed by atoms with E-state index in [0.717, 1.165) is 3.57 Å². The fourth-order valence-electron chi connectivity index (χ4n) is 3.54. The number of hydrogen-bond acceptors (Lipinski definition) is 9. The summed E-state index contributed by atoms with van der Waals surface area (Å²) in [5.41, 5.74) is 1.52. The van der Waals surface area contributed by atoms with Crippen molar-refractivity contribution in [1.29, 1.82) is 0 Å². The Morgan fingerprint density at radius 3 is 2.93 bits per heavy atom. The fourth-order valence-corrected chi connectivity index (χ4v) is 4.02. The zero-order valence-electron chi connectivity index (χ0n) is 15.8. The SMILES string of the molecule is CC(Nc1ncnc2c1ncn2[C@H]1C[C@@H](O)[C@@H](CO)O1)c1ccc(I)cc1[N+](=O)[O-]. The topological polar surface area (TPSA) is 148 Å². The van der Waals surface area contributed by atoms with Crippen molar-refractivity contribution in [2.24, 2.45) is 0 Å². The van der Waals surface area contributed by atoms with E-state index in [-0.39, 0.29) is 12.3 Å². The first kappa shape index (κ1) is 20.8. The predicted molar refractivity (Wildman–Crippen MR) is 115 cm³/mol. The number of aliphatic hydroxyl groups excluding tert-OH is 2. The number of hydrogen-bond donors (Lipinski definition) is 3. The van der Waals surface area contributed by atoms with E-state index < -0.39 is 29.4 Å². The van der Waals surface area contributed by atoms with Gasteiger partial charge in [0.25, 0.3) is 5.69 Å². The van der Waals surface area contributed by atoms with Gasteiger partial charge in [-0.3, -0.25) is 14.7 Å². The van der Waals surface area contributed by atoms with E-state index in [0.29, 0.717) is 29.0 Å². The highest BCUT2D eigenvalue weighted by Crippen LogP contribution is 2.33. The highest BCUT2D eigenvalue weighted by atomic mass is 127. The van der Waals surface area contributed by atoms with Gasteiger partial charge in [-0.1, -0.05) is 0 Å². The Balaban J connectivity index is 1.64. The number of rotatable bonds is 6. The molecule has 0 saturated carbocycles. The standard InChI is InChI=1S/C18H19IN6O5/c1-9(11-3-2-10(19)4-12(11)25(28)29)23-17-16-18(21-7-20-17)24(8-22-16)15-5-13(27)14(6-26)30-15/h2-4,7-9,13-15,26-27H,5-6H2,1H3,(H,20,21,23)/t9?,13-,14-,15-/m1/s1. The maximum Gasteiger partial charge on any atom is 0.275 e. The van der Waals surface area contributed by atoms with Crippen molar-refractivity contribution in [3.63, 3.8) is 0 Å². The van der Waals surface area contributed by atoms with E-state index in [1.165, 1.54) is 12.4 Å². The third kappa shape index (κ3) is 3.82. The summed E-state index contributed by atoms with van der Waals surface area (Å²) >= 11 is 2.04. The summed E-state index contributed by atoms with van der Waals surface area (Å²) < 4.78 is 8.14. The molecule has 1 aromatic carbocycles. The number of anilines is 1. The number of nitrogens with one attached hydrogen (secondary N) is 1. The molecule has 158 valence electrons. The van der Waals surface area contributed by atoms with Crippen molar-refractivity contribution >= 4 is 45.3 Å². The molecule has 0 spiro atoms. The summed E-state index contributed by atoms with van der Waals surface area (Å²) in [6, 6.07) is 4.65. The van der Waals surface area contributed by atoms with E-state index in [4.69, 9.17) is 4.74 Å². The van der Waals surface area contributed by atoms with Crippen LogP contribution in [0.4, 0.5) is 11.5 Å². The van der Waals surface area contributed by atoms with Crippen molar-refractivity contribution in [3.8, 4) is 0 Å². The second-order valence-electron chi connectivity index (χ2n) is 6.99. The number of aromatic nitrogens is 4. The quantitative estimate of drug-likeness (QED) is 0.250. The van der Waals surface area contributed by atoms with E-state index in [9.17, 15) is 20.3 Å². The molecule has 1 fully saturated rings. The lowest BCUT2D eigenvalue weighted by Gasteiger charge is -2.16. The number of aliphatic hydroxyl groups is 2. The van der Waals surface area contributed by atoms with Crippen molar-refractivity contribution in [1.82, 2.24) is 19.5 Å². The average Bonchev–Trinajstić information content (AvgIpc) is 3.31. The van der Waals surface area contributed by atoms with Crippen LogP contribution in [0.1, 0.15) is 31.2 Å². The van der Waals surface area contributed by atoms with E-state index in [1.54, 1.807) is 17.0 Å². The van der Waals surface area contributed by atoms with Gasteiger partial charge in [0.15, 0.2) is 17.0 Å². The number of ether oxygens (including phenoxy) is 1. The second-order valence-corrected chi connectivity index (χ2v) is 8.23. The van der Waals surface area contributed by atoms with Gasteiger partial charge in [0.2, 0.25) is 0 Å². The number of nitro benzene ring substituents is 1. The third-order valence-electron chi connectivity index (χ3n) is 5.06. The minimum Gasteiger partial charge on any atom is -0.394 e. The Labute approximate surface area is 184 Å². The Bertz CT molecular complexity index is 1090. The third-order valence-corrected chi connectivity index (χ3v) is 5.73. The van der Waals surface area contributed by atoms with Crippen LogP contribution in [0.15, 0.2) is 30.9 Å². The predicted octanol–water partition coefficient (Wildman–Crippen LogP) is 2.15. The van der Waals surface area contributed by atoms with Crippen molar-refractivity contribution < 1.29 is 19.9 Å². The molecule has 1 aliphatic rings. The molecule has 3 heterocycles. The minimum atomic E-state index is -0.779. The summed E-state index contributed by atoms with van der Waals surface area (Å²) in [7, 11) is 0. The molecule has 3 N–H and O–H groups in total. The van der Waals surface area contributed by atoms with Crippen molar-refractivity contribution in [2.75, 3.05) is 11.9 Å². The van der Waals surface area contributed by atoms with Gasteiger partial charge >= 0.3 is 0 Å². The minimum absolute atomic E-state index is 0.0288. The highest BCUT2D eigenvalue weighted by molar-refractivity contribution is 14.1. The molecular formula is C18H19IN6O5. The molecule has 4 rings (SSSR count). The van der Waals surface area contributed by atoms with Gasteiger partial charge in [0.05, 0.1) is 35.6 Å². The number of halogens is 1. The largest absolute Gasteiger partial charge is 0.394 e.